The molecule has 2 N–H and O–H groups in total. The number of aromatic amines is 1. The molecule has 6 heteroatoms. The number of hydrogen-bond donors (Lipinski definition) is 2. The Bertz CT molecular complexity index is 931. The van der Waals surface area contributed by atoms with E-state index >= 15 is 0 Å². The number of esters is 1. The molecule has 3 rings (SSSR count). The van der Waals surface area contributed by atoms with Crippen LogP contribution in [-0.2, 0) is 4.74 Å². The predicted molar refractivity (Wildman–Crippen MR) is 104 cm³/mol. The fourth-order valence-corrected chi connectivity index (χ4v) is 2.97. The van der Waals surface area contributed by atoms with Crippen molar-refractivity contribution in [2.45, 2.75) is 26.3 Å². The van der Waals surface area contributed by atoms with Gasteiger partial charge in [0.25, 0.3) is 5.91 Å². The zero-order valence-corrected chi connectivity index (χ0v) is 15.7. The van der Waals surface area contributed by atoms with E-state index in [1.54, 1.807) is 18.2 Å². The third-order valence-corrected chi connectivity index (χ3v) is 4.75. The van der Waals surface area contributed by atoms with E-state index in [2.05, 4.69) is 29.1 Å². The number of nitrogens with zero attached hydrogens (tertiary/aromatic N) is 1. The molecule has 2 aromatic carbocycles. The molecule has 140 valence electrons. The Morgan fingerprint density at radius 3 is 2.59 bits per heavy atom. The number of methoxy groups -OCH3 is 1. The van der Waals surface area contributed by atoms with Crippen LogP contribution in [0.25, 0.3) is 11.0 Å². The van der Waals surface area contributed by atoms with Gasteiger partial charge in [0.05, 0.1) is 29.7 Å². The number of para-hydroxylation sites is 2. The van der Waals surface area contributed by atoms with Crippen molar-refractivity contribution in [1.82, 2.24) is 15.3 Å². The molecule has 0 aliphatic carbocycles. The third kappa shape index (κ3) is 4.00. The van der Waals surface area contributed by atoms with E-state index in [1.165, 1.54) is 13.2 Å². The van der Waals surface area contributed by atoms with Crippen LogP contribution in [0.15, 0.2) is 48.5 Å². The number of nitrogens with one attached hydrogen (secondary N) is 2. The smallest absolute Gasteiger partial charge is 0.337 e. The highest BCUT2D eigenvalue weighted by Gasteiger charge is 2.24. The number of carbonyl (C=O) groups is 2. The summed E-state index contributed by atoms with van der Waals surface area (Å²) in [7, 11) is 1.32. The van der Waals surface area contributed by atoms with Gasteiger partial charge >= 0.3 is 5.97 Å². The highest BCUT2D eigenvalue weighted by atomic mass is 16.5. The predicted octanol–water partition coefficient (Wildman–Crippen LogP) is 3.87. The van der Waals surface area contributed by atoms with Gasteiger partial charge in [-0.3, -0.25) is 4.79 Å². The topological polar surface area (TPSA) is 84.1 Å². The van der Waals surface area contributed by atoms with Crippen molar-refractivity contribution in [3.05, 3.63) is 65.5 Å². The summed E-state index contributed by atoms with van der Waals surface area (Å²) in [5.74, 6) is 0.174. The molecule has 2 atom stereocenters. The van der Waals surface area contributed by atoms with E-state index in [4.69, 9.17) is 4.74 Å². The number of fused-ring (bicyclic) bond motifs is 1. The highest BCUT2D eigenvalue weighted by Crippen LogP contribution is 2.25. The minimum atomic E-state index is -0.472. The zero-order chi connectivity index (χ0) is 19.4. The number of rotatable bonds is 6. The number of benzene rings is 2. The van der Waals surface area contributed by atoms with Crippen LogP contribution in [0, 0.1) is 5.92 Å². The molecule has 0 saturated heterocycles. The van der Waals surface area contributed by atoms with Crippen LogP contribution in [0.4, 0.5) is 0 Å². The summed E-state index contributed by atoms with van der Waals surface area (Å²) in [6, 6.07) is 14.0. The maximum Gasteiger partial charge on any atom is 0.337 e. The summed E-state index contributed by atoms with van der Waals surface area (Å²) in [5, 5.41) is 3.06. The number of H-pyrrole nitrogens is 1. The molecule has 6 nitrogen and oxygen atoms in total. The molecular weight excluding hydrogens is 342 g/mol. The van der Waals surface area contributed by atoms with Gasteiger partial charge < -0.3 is 15.0 Å². The van der Waals surface area contributed by atoms with Gasteiger partial charge in [0, 0.05) is 5.56 Å². The Kier molecular flexibility index (Phi) is 5.54. The molecule has 0 aliphatic heterocycles. The van der Waals surface area contributed by atoms with Crippen LogP contribution in [0.2, 0.25) is 0 Å². The van der Waals surface area contributed by atoms with Crippen LogP contribution >= 0.6 is 0 Å². The van der Waals surface area contributed by atoms with Crippen molar-refractivity contribution < 1.29 is 14.3 Å². The summed E-state index contributed by atoms with van der Waals surface area (Å²) in [6.07, 6.45) is 0.879. The Balaban J connectivity index is 1.88. The van der Waals surface area contributed by atoms with E-state index in [0.29, 0.717) is 11.1 Å². The number of aromatic nitrogens is 2. The molecular formula is C21H23N3O3. The van der Waals surface area contributed by atoms with Crippen LogP contribution in [0.3, 0.4) is 0 Å². The molecule has 1 amide bonds. The molecule has 0 spiro atoms. The number of amides is 1. The third-order valence-electron chi connectivity index (χ3n) is 4.75. The first kappa shape index (κ1) is 18.6. The van der Waals surface area contributed by atoms with Crippen LogP contribution in [0.1, 0.15) is 52.9 Å². The minimum absolute atomic E-state index is 0.179. The van der Waals surface area contributed by atoms with Crippen molar-refractivity contribution in [3.63, 3.8) is 0 Å². The lowest BCUT2D eigenvalue weighted by atomic mass is 9.98. The molecule has 3 aromatic rings. The van der Waals surface area contributed by atoms with Crippen molar-refractivity contribution >= 4 is 22.9 Å². The second-order valence-corrected chi connectivity index (χ2v) is 6.55. The summed E-state index contributed by atoms with van der Waals surface area (Å²) < 4.78 is 4.73. The average molecular weight is 365 g/mol. The van der Waals surface area contributed by atoms with Gasteiger partial charge in [-0.1, -0.05) is 38.5 Å². The monoisotopic (exact) mass is 365 g/mol. The highest BCUT2D eigenvalue weighted by molar-refractivity contribution is 5.98. The molecule has 0 radical (unpaired) electrons. The minimum Gasteiger partial charge on any atom is -0.465 e. The Hall–Kier alpha value is -3.15. The summed E-state index contributed by atoms with van der Waals surface area (Å²) in [5.41, 5.74) is 2.54. The lowest BCUT2D eigenvalue weighted by Crippen LogP contribution is -2.33. The average Bonchev–Trinajstić information content (AvgIpc) is 3.14. The van der Waals surface area contributed by atoms with Crippen molar-refractivity contribution in [1.29, 1.82) is 0 Å². The normalized spacial score (nSPS) is 13.1. The van der Waals surface area contributed by atoms with Gasteiger partial charge in [-0.25, -0.2) is 9.78 Å². The molecule has 0 fully saturated rings. The van der Waals surface area contributed by atoms with E-state index < -0.39 is 5.97 Å². The number of hydrogen-bond acceptors (Lipinski definition) is 4. The zero-order valence-electron chi connectivity index (χ0n) is 15.7. The standard InChI is InChI=1S/C21H23N3O3/c1-4-13(2)18(19-22-16-10-5-6-11-17(16)23-19)24-20(25)14-8-7-9-15(12-14)21(26)27-3/h5-13,18H,4H2,1-3H3,(H,22,23)(H,24,25). The lowest BCUT2D eigenvalue weighted by molar-refractivity contribution is 0.0600. The summed E-state index contributed by atoms with van der Waals surface area (Å²) in [4.78, 5) is 32.5. The second-order valence-electron chi connectivity index (χ2n) is 6.55. The van der Waals surface area contributed by atoms with E-state index in [9.17, 15) is 9.59 Å². The molecule has 1 aromatic heterocycles. The summed E-state index contributed by atoms with van der Waals surface area (Å²) in [6.45, 7) is 4.15. The molecule has 27 heavy (non-hydrogen) atoms. The Labute approximate surface area is 158 Å². The van der Waals surface area contributed by atoms with Gasteiger partial charge in [0.1, 0.15) is 5.82 Å². The summed E-state index contributed by atoms with van der Waals surface area (Å²) >= 11 is 0. The molecule has 0 aliphatic rings. The van der Waals surface area contributed by atoms with Crippen LogP contribution in [-0.4, -0.2) is 29.0 Å². The second kappa shape index (κ2) is 8.03. The first-order valence-electron chi connectivity index (χ1n) is 8.97. The lowest BCUT2D eigenvalue weighted by Gasteiger charge is -2.22. The molecule has 0 bridgehead atoms. The first-order chi connectivity index (χ1) is 13.0. The number of carbonyl (C=O) groups excluding carboxylic acids is 2. The number of imidazole rings is 1. The van der Waals surface area contributed by atoms with Crippen molar-refractivity contribution in [2.24, 2.45) is 5.92 Å². The maximum absolute atomic E-state index is 12.8. The molecule has 0 saturated carbocycles. The quantitative estimate of drug-likeness (QED) is 0.650. The molecule has 1 heterocycles. The first-order valence-corrected chi connectivity index (χ1v) is 8.97. The Morgan fingerprint density at radius 1 is 1.15 bits per heavy atom. The Morgan fingerprint density at radius 2 is 1.89 bits per heavy atom. The van der Waals surface area contributed by atoms with Gasteiger partial charge in [-0.05, 0) is 36.2 Å². The van der Waals surface area contributed by atoms with Gasteiger partial charge in [-0.2, -0.15) is 0 Å². The number of ether oxygens (including phenoxy) is 1. The maximum atomic E-state index is 12.8. The van der Waals surface area contributed by atoms with Crippen molar-refractivity contribution in [2.75, 3.05) is 7.11 Å². The van der Waals surface area contributed by atoms with E-state index in [0.717, 1.165) is 23.3 Å². The SMILES string of the molecule is CCC(C)C(NC(=O)c1cccc(C(=O)OC)c1)c1nc2ccccc2[nH]1. The fraction of sp³-hybridized carbons (Fsp3) is 0.286. The van der Waals surface area contributed by atoms with E-state index in [1.807, 2.05) is 24.3 Å². The van der Waals surface area contributed by atoms with Gasteiger partial charge in [-0.15, -0.1) is 0 Å². The van der Waals surface area contributed by atoms with Crippen molar-refractivity contribution in [3.8, 4) is 0 Å². The van der Waals surface area contributed by atoms with Crippen LogP contribution in [0.5, 0.6) is 0 Å². The van der Waals surface area contributed by atoms with Crippen LogP contribution < -0.4 is 5.32 Å². The van der Waals surface area contributed by atoms with Gasteiger partial charge in [0.15, 0.2) is 0 Å². The van der Waals surface area contributed by atoms with E-state index in [-0.39, 0.29) is 17.9 Å². The fourth-order valence-electron chi connectivity index (χ4n) is 2.97. The largest absolute Gasteiger partial charge is 0.465 e. The van der Waals surface area contributed by atoms with Gasteiger partial charge in [0.2, 0.25) is 0 Å². The molecule has 2 unspecified atom stereocenters.